The first kappa shape index (κ1) is 21.4. The minimum Gasteiger partial charge on any atom is -0.382 e. The van der Waals surface area contributed by atoms with Gasteiger partial charge in [0.05, 0.1) is 42.0 Å². The molecule has 3 heterocycles. The molecule has 1 aromatic carbocycles. The Hall–Kier alpha value is -3.89. The number of nitrogens with one attached hydrogen (secondary N) is 1. The van der Waals surface area contributed by atoms with Crippen molar-refractivity contribution in [1.82, 2.24) is 24.9 Å². The molecule has 0 atom stereocenters. The molecule has 3 N–H and O–H groups in total. The van der Waals surface area contributed by atoms with Crippen molar-refractivity contribution in [1.29, 1.82) is 0 Å². The molecule has 0 saturated heterocycles. The van der Waals surface area contributed by atoms with E-state index in [1.807, 2.05) is 0 Å². The van der Waals surface area contributed by atoms with Crippen LogP contribution in [-0.2, 0) is 11.3 Å². The summed E-state index contributed by atoms with van der Waals surface area (Å²) in [5.74, 6) is -1.13. The summed E-state index contributed by atoms with van der Waals surface area (Å²) in [6, 6.07) is 9.66. The molecule has 4 rings (SSSR count). The molecule has 4 aromatic rings. The molecule has 152 valence electrons. The van der Waals surface area contributed by atoms with E-state index < -0.39 is 11.0 Å². The van der Waals surface area contributed by atoms with Gasteiger partial charge in [-0.15, -0.1) is 0 Å². The quantitative estimate of drug-likeness (QED) is 0.448. The highest BCUT2D eigenvalue weighted by Crippen LogP contribution is 2.27. The summed E-state index contributed by atoms with van der Waals surface area (Å²) in [5.41, 5.74) is 7.82. The molecule has 0 saturated carbocycles. The van der Waals surface area contributed by atoms with Crippen LogP contribution >= 0.6 is 0 Å². The van der Waals surface area contributed by atoms with Gasteiger partial charge in [-0.2, -0.15) is 5.10 Å². The van der Waals surface area contributed by atoms with E-state index in [0.717, 1.165) is 0 Å². The van der Waals surface area contributed by atoms with Crippen molar-refractivity contribution in [3.05, 3.63) is 60.2 Å². The first-order valence-corrected chi connectivity index (χ1v) is 9.25. The third kappa shape index (κ3) is 4.41. The van der Waals surface area contributed by atoms with Gasteiger partial charge in [-0.05, 0) is 12.1 Å². The van der Waals surface area contributed by atoms with E-state index in [1.54, 1.807) is 35.0 Å². The van der Waals surface area contributed by atoms with Gasteiger partial charge in [0, 0.05) is 11.6 Å². The summed E-state index contributed by atoms with van der Waals surface area (Å²) in [7, 11) is 16.0. The third-order valence-corrected chi connectivity index (χ3v) is 4.45. The van der Waals surface area contributed by atoms with Gasteiger partial charge in [-0.25, -0.2) is 14.4 Å². The second kappa shape index (κ2) is 8.33. The second-order valence-corrected chi connectivity index (χ2v) is 6.93. The van der Waals surface area contributed by atoms with Gasteiger partial charge in [0.15, 0.2) is 11.6 Å². The normalized spacial score (nSPS) is 11.4. The van der Waals surface area contributed by atoms with Crippen LogP contribution in [-0.4, -0.2) is 54.4 Å². The Balaban J connectivity index is 1.69. The zero-order valence-electron chi connectivity index (χ0n) is 16.6. The van der Waals surface area contributed by atoms with Gasteiger partial charge in [0.1, 0.15) is 29.2 Å². The van der Waals surface area contributed by atoms with Crippen molar-refractivity contribution in [2.45, 2.75) is 11.7 Å². The highest BCUT2D eigenvalue weighted by Gasteiger charge is 2.22. The molecule has 32 heavy (non-hydrogen) atoms. The Kier molecular flexibility index (Phi) is 5.56. The standard InChI is InChI=1S/C19H13B3FN7O2/c20-19(21,22)18(31)26-14-8-25-17(27-16(14)24)13-7-15(12-5-6-32-29-12)30(28-13)9-10-3-1-2-4-11(10)23/h1-8H,9H2,(H,26,31)(H2,24,25,27). The number of carbonyl (C=O) groups excluding carboxylic acids is 1. The Bertz CT molecular complexity index is 1270. The first-order valence-electron chi connectivity index (χ1n) is 9.25. The van der Waals surface area contributed by atoms with E-state index in [0.29, 0.717) is 22.6 Å². The van der Waals surface area contributed by atoms with Gasteiger partial charge in [0.25, 0.3) is 0 Å². The van der Waals surface area contributed by atoms with E-state index in [2.05, 4.69) is 25.5 Å². The number of hydrogen-bond donors (Lipinski definition) is 2. The van der Waals surface area contributed by atoms with Gasteiger partial charge in [0.2, 0.25) is 5.91 Å². The summed E-state index contributed by atoms with van der Waals surface area (Å²) in [6.45, 7) is 0.129. The molecule has 0 aliphatic rings. The van der Waals surface area contributed by atoms with Crippen LogP contribution in [0.15, 0.2) is 53.4 Å². The number of rotatable bonds is 6. The highest BCUT2D eigenvalue weighted by atomic mass is 19.1. The second-order valence-electron chi connectivity index (χ2n) is 6.93. The molecule has 1 amide bonds. The molecule has 0 fully saturated rings. The Labute approximate surface area is 185 Å². The lowest BCUT2D eigenvalue weighted by molar-refractivity contribution is -0.115. The topological polar surface area (TPSA) is 125 Å². The van der Waals surface area contributed by atoms with Crippen molar-refractivity contribution in [2.24, 2.45) is 0 Å². The number of hydrogen-bond acceptors (Lipinski definition) is 7. The summed E-state index contributed by atoms with van der Waals surface area (Å²) in [5, 5.41) is 8.67. The number of carbonyl (C=O) groups is 1. The lowest BCUT2D eigenvalue weighted by Crippen LogP contribution is -2.31. The van der Waals surface area contributed by atoms with E-state index >= 15 is 0 Å². The van der Waals surface area contributed by atoms with Crippen molar-refractivity contribution >= 4 is 41.0 Å². The predicted molar refractivity (Wildman–Crippen MR) is 117 cm³/mol. The fraction of sp³-hybridized carbons (Fsp3) is 0.105. The largest absolute Gasteiger partial charge is 0.382 e. The molecule has 0 aliphatic heterocycles. The zero-order chi connectivity index (χ0) is 22.9. The molecule has 6 radical (unpaired) electrons. The predicted octanol–water partition coefficient (Wildman–Crippen LogP) is 1.28. The van der Waals surface area contributed by atoms with Crippen molar-refractivity contribution in [2.75, 3.05) is 11.1 Å². The van der Waals surface area contributed by atoms with Crippen molar-refractivity contribution < 1.29 is 13.7 Å². The van der Waals surface area contributed by atoms with Crippen LogP contribution in [0.1, 0.15) is 5.56 Å². The molecule has 3 aromatic heterocycles. The highest BCUT2D eigenvalue weighted by molar-refractivity contribution is 6.69. The molecule has 0 aliphatic carbocycles. The van der Waals surface area contributed by atoms with Crippen LogP contribution < -0.4 is 11.1 Å². The number of nitrogens with zero attached hydrogens (tertiary/aromatic N) is 5. The molecule has 0 bridgehead atoms. The van der Waals surface area contributed by atoms with Crippen molar-refractivity contribution in [3.63, 3.8) is 0 Å². The average Bonchev–Trinajstić information content (AvgIpc) is 3.40. The maximum absolute atomic E-state index is 14.2. The summed E-state index contributed by atoms with van der Waals surface area (Å²) in [4.78, 5) is 20.2. The zero-order valence-corrected chi connectivity index (χ0v) is 16.6. The van der Waals surface area contributed by atoms with Gasteiger partial charge in [-0.1, -0.05) is 28.5 Å². The van der Waals surface area contributed by atoms with E-state index in [4.69, 9.17) is 33.8 Å². The summed E-state index contributed by atoms with van der Waals surface area (Å²) < 4.78 is 20.7. The number of nitrogens with two attached hydrogens (primary N) is 1. The Morgan fingerprint density at radius 2 is 2.00 bits per heavy atom. The van der Waals surface area contributed by atoms with Gasteiger partial charge in [-0.3, -0.25) is 9.48 Å². The molecule has 0 spiro atoms. The number of nitrogen functional groups attached to an aromatic ring is 1. The van der Waals surface area contributed by atoms with E-state index in [-0.39, 0.29) is 29.7 Å². The number of benzene rings is 1. The fourth-order valence-corrected chi connectivity index (χ4v) is 2.83. The number of anilines is 2. The Morgan fingerprint density at radius 3 is 2.66 bits per heavy atom. The molecule has 9 nitrogen and oxygen atoms in total. The lowest BCUT2D eigenvalue weighted by atomic mass is 9.42. The Morgan fingerprint density at radius 1 is 1.22 bits per heavy atom. The minimum absolute atomic E-state index is 0.0563. The molecular formula is C19H13B3FN7O2. The van der Waals surface area contributed by atoms with E-state index in [9.17, 15) is 9.18 Å². The van der Waals surface area contributed by atoms with Crippen LogP contribution in [0, 0.1) is 5.82 Å². The van der Waals surface area contributed by atoms with Crippen LogP contribution in [0.3, 0.4) is 0 Å². The summed E-state index contributed by atoms with van der Waals surface area (Å²) >= 11 is 0. The molecule has 0 unspecified atom stereocenters. The summed E-state index contributed by atoms with van der Waals surface area (Å²) in [6.07, 6.45) is 2.68. The molecular weight excluding hydrogens is 410 g/mol. The fourth-order valence-electron chi connectivity index (χ4n) is 2.83. The van der Waals surface area contributed by atoms with Gasteiger partial charge < -0.3 is 15.6 Å². The average molecular weight is 423 g/mol. The monoisotopic (exact) mass is 423 g/mol. The van der Waals surface area contributed by atoms with E-state index in [1.165, 1.54) is 18.5 Å². The maximum atomic E-state index is 14.2. The molecule has 13 heteroatoms. The van der Waals surface area contributed by atoms with Crippen molar-refractivity contribution in [3.8, 4) is 22.9 Å². The van der Waals surface area contributed by atoms with Crippen LogP contribution in [0.4, 0.5) is 15.9 Å². The van der Waals surface area contributed by atoms with Crippen LogP contribution in [0.25, 0.3) is 22.9 Å². The third-order valence-electron chi connectivity index (χ3n) is 4.45. The smallest absolute Gasteiger partial charge is 0.205 e. The maximum Gasteiger partial charge on any atom is 0.205 e. The lowest BCUT2D eigenvalue weighted by Gasteiger charge is -2.19. The van der Waals surface area contributed by atoms with Gasteiger partial charge >= 0.3 is 0 Å². The SMILES string of the molecule is [B]C([B])([B])C(=O)Nc1cnc(-c2cc(-c3ccon3)n(Cc3ccccc3F)n2)nc1N. The minimum atomic E-state index is -2.09. The number of halogens is 1. The van der Waals surface area contributed by atoms with Crippen LogP contribution in [0.5, 0.6) is 0 Å². The number of aromatic nitrogens is 5. The first-order chi connectivity index (χ1) is 15.2. The number of amides is 1. The van der Waals surface area contributed by atoms with Crippen LogP contribution in [0.2, 0.25) is 5.11 Å².